The smallest absolute Gasteiger partial charge is 0.269 e. The van der Waals surface area contributed by atoms with Gasteiger partial charge in [-0.2, -0.15) is 0 Å². The summed E-state index contributed by atoms with van der Waals surface area (Å²) in [7, 11) is 0. The highest BCUT2D eigenvalue weighted by Crippen LogP contribution is 2.31. The van der Waals surface area contributed by atoms with Gasteiger partial charge in [0.15, 0.2) is 0 Å². The predicted molar refractivity (Wildman–Crippen MR) is 105 cm³/mol. The first-order chi connectivity index (χ1) is 12.8. The van der Waals surface area contributed by atoms with Crippen LogP contribution in [0.1, 0.15) is 19.4 Å². The summed E-state index contributed by atoms with van der Waals surface area (Å²) in [4.78, 5) is 36.8. The van der Waals surface area contributed by atoms with Crippen LogP contribution in [-0.2, 0) is 16.0 Å². The van der Waals surface area contributed by atoms with E-state index in [2.05, 4.69) is 5.32 Å². The molecule has 3 rings (SSSR count). The third kappa shape index (κ3) is 4.28. The van der Waals surface area contributed by atoms with Gasteiger partial charge in [-0.3, -0.25) is 19.7 Å². The van der Waals surface area contributed by atoms with Gasteiger partial charge in [-0.1, -0.05) is 0 Å². The van der Waals surface area contributed by atoms with E-state index in [9.17, 15) is 19.7 Å². The number of amides is 2. The molecule has 1 unspecified atom stereocenters. The van der Waals surface area contributed by atoms with Crippen LogP contribution in [0.4, 0.5) is 17.1 Å². The highest BCUT2D eigenvalue weighted by molar-refractivity contribution is 8.00. The van der Waals surface area contributed by atoms with Crippen LogP contribution < -0.4 is 10.2 Å². The summed E-state index contributed by atoms with van der Waals surface area (Å²) in [5, 5.41) is 13.2. The van der Waals surface area contributed by atoms with Gasteiger partial charge in [0.2, 0.25) is 11.8 Å². The molecule has 1 aliphatic rings. The highest BCUT2D eigenvalue weighted by atomic mass is 32.2. The second-order valence-corrected chi connectivity index (χ2v) is 7.68. The van der Waals surface area contributed by atoms with Gasteiger partial charge in [0, 0.05) is 41.9 Å². The predicted octanol–water partition coefficient (Wildman–Crippen LogP) is 3.62. The molecule has 2 amide bonds. The van der Waals surface area contributed by atoms with Crippen LogP contribution >= 0.6 is 11.8 Å². The number of nitrogens with zero attached hydrogens (tertiary/aromatic N) is 2. The molecule has 0 aliphatic carbocycles. The molecule has 2 aromatic rings. The molecule has 0 saturated carbocycles. The second kappa shape index (κ2) is 7.79. The van der Waals surface area contributed by atoms with Crippen molar-refractivity contribution in [1.29, 1.82) is 0 Å². The minimum atomic E-state index is -0.453. The van der Waals surface area contributed by atoms with E-state index in [0.29, 0.717) is 12.2 Å². The number of non-ortho nitro benzene ring substituents is 1. The zero-order chi connectivity index (χ0) is 19.6. The van der Waals surface area contributed by atoms with Gasteiger partial charge in [0.05, 0.1) is 10.2 Å². The van der Waals surface area contributed by atoms with Crippen molar-refractivity contribution in [3.05, 3.63) is 58.1 Å². The van der Waals surface area contributed by atoms with Crippen molar-refractivity contribution in [3.63, 3.8) is 0 Å². The Balaban J connectivity index is 1.63. The maximum absolute atomic E-state index is 12.5. The maximum atomic E-state index is 12.5. The van der Waals surface area contributed by atoms with Crippen LogP contribution in [0.25, 0.3) is 0 Å². The molecule has 2 aromatic carbocycles. The van der Waals surface area contributed by atoms with E-state index < -0.39 is 4.92 Å². The number of hydrogen-bond donors (Lipinski definition) is 1. The van der Waals surface area contributed by atoms with Crippen LogP contribution in [0.15, 0.2) is 47.4 Å². The van der Waals surface area contributed by atoms with Gasteiger partial charge in [-0.15, -0.1) is 11.8 Å². The average Bonchev–Trinajstić information content (AvgIpc) is 3.05. The number of nitro benzene ring substituents is 1. The summed E-state index contributed by atoms with van der Waals surface area (Å²) in [6.45, 7) is 3.99. The van der Waals surface area contributed by atoms with Crippen LogP contribution in [0.2, 0.25) is 0 Å². The third-order valence-electron chi connectivity index (χ3n) is 4.35. The second-order valence-electron chi connectivity index (χ2n) is 6.26. The molecule has 1 atom stereocenters. The van der Waals surface area contributed by atoms with Gasteiger partial charge in [0.25, 0.3) is 5.69 Å². The fourth-order valence-electron chi connectivity index (χ4n) is 2.95. The number of nitro groups is 1. The Morgan fingerprint density at radius 2 is 1.93 bits per heavy atom. The van der Waals surface area contributed by atoms with Gasteiger partial charge in [-0.25, -0.2) is 0 Å². The van der Waals surface area contributed by atoms with Crippen LogP contribution in [0, 0.1) is 10.1 Å². The molecular weight excluding hydrogens is 366 g/mol. The number of benzene rings is 2. The van der Waals surface area contributed by atoms with Gasteiger partial charge < -0.3 is 10.2 Å². The minimum absolute atomic E-state index is 0.0126. The molecular formula is C19H19N3O4S. The van der Waals surface area contributed by atoms with Crippen LogP contribution in [-0.4, -0.2) is 28.5 Å². The van der Waals surface area contributed by atoms with Crippen molar-refractivity contribution in [2.75, 3.05) is 16.8 Å². The van der Waals surface area contributed by atoms with Crippen molar-refractivity contribution in [2.45, 2.75) is 30.4 Å². The zero-order valence-corrected chi connectivity index (χ0v) is 15.8. The number of carbonyl (C=O) groups excluding carboxylic acids is 2. The van der Waals surface area contributed by atoms with Crippen molar-refractivity contribution < 1.29 is 14.5 Å². The molecule has 0 spiro atoms. The molecule has 0 radical (unpaired) electrons. The first-order valence-corrected chi connectivity index (χ1v) is 9.36. The largest absolute Gasteiger partial charge is 0.325 e. The van der Waals surface area contributed by atoms with Gasteiger partial charge in [0.1, 0.15) is 0 Å². The summed E-state index contributed by atoms with van der Waals surface area (Å²) in [6.07, 6.45) is 0.770. The van der Waals surface area contributed by atoms with Crippen molar-refractivity contribution in [1.82, 2.24) is 0 Å². The summed E-state index contributed by atoms with van der Waals surface area (Å²) in [5.41, 5.74) is 2.65. The molecule has 0 saturated heterocycles. The fraction of sp³-hybridized carbons (Fsp3) is 0.263. The topological polar surface area (TPSA) is 92.6 Å². The van der Waals surface area contributed by atoms with Crippen molar-refractivity contribution in [3.8, 4) is 0 Å². The van der Waals surface area contributed by atoms with Crippen molar-refractivity contribution in [2.24, 2.45) is 0 Å². The standard InChI is InChI=1S/C19H19N3O4S/c1-12(27-17-6-4-16(5-7-17)22(25)26)19(24)20-15-3-8-18-14(11-15)9-10-21(18)13(2)23/h3-8,11-12H,9-10H2,1-2H3,(H,20,24). The Bertz CT molecular complexity index is 898. The lowest BCUT2D eigenvalue weighted by Gasteiger charge is -2.16. The first-order valence-electron chi connectivity index (χ1n) is 8.48. The van der Waals surface area contributed by atoms with Crippen LogP contribution in [0.3, 0.4) is 0 Å². The van der Waals surface area contributed by atoms with E-state index in [1.807, 2.05) is 12.1 Å². The highest BCUT2D eigenvalue weighted by Gasteiger charge is 2.23. The molecule has 7 nitrogen and oxygen atoms in total. The number of anilines is 2. The lowest BCUT2D eigenvalue weighted by atomic mass is 10.1. The number of fused-ring (bicyclic) bond motifs is 1. The minimum Gasteiger partial charge on any atom is -0.325 e. The summed E-state index contributed by atoms with van der Waals surface area (Å²) in [5.74, 6) is -0.140. The lowest BCUT2D eigenvalue weighted by Crippen LogP contribution is -2.25. The van der Waals surface area contributed by atoms with E-state index in [0.717, 1.165) is 22.6 Å². The molecule has 0 aromatic heterocycles. The maximum Gasteiger partial charge on any atom is 0.269 e. The van der Waals surface area contributed by atoms with E-state index in [1.165, 1.54) is 23.9 Å². The molecule has 1 aliphatic heterocycles. The third-order valence-corrected chi connectivity index (χ3v) is 5.46. The monoisotopic (exact) mass is 385 g/mol. The normalized spacial score (nSPS) is 13.8. The molecule has 0 bridgehead atoms. The van der Waals surface area contributed by atoms with Gasteiger partial charge >= 0.3 is 0 Å². The van der Waals surface area contributed by atoms with E-state index in [4.69, 9.17) is 0 Å². The SMILES string of the molecule is CC(=O)N1CCc2cc(NC(=O)C(C)Sc3ccc([N+](=O)[O-])cc3)ccc21. The average molecular weight is 385 g/mol. The molecule has 0 fully saturated rings. The Labute approximate surface area is 160 Å². The number of hydrogen-bond acceptors (Lipinski definition) is 5. The molecule has 8 heteroatoms. The summed E-state index contributed by atoms with van der Waals surface area (Å²) >= 11 is 1.33. The number of carbonyl (C=O) groups is 2. The van der Waals surface area contributed by atoms with E-state index in [-0.39, 0.29) is 22.8 Å². The number of nitrogens with one attached hydrogen (secondary N) is 1. The quantitative estimate of drug-likeness (QED) is 0.482. The Morgan fingerprint density at radius 1 is 1.22 bits per heavy atom. The lowest BCUT2D eigenvalue weighted by molar-refractivity contribution is -0.384. The summed E-state index contributed by atoms with van der Waals surface area (Å²) in [6, 6.07) is 11.7. The zero-order valence-electron chi connectivity index (χ0n) is 15.0. The van der Waals surface area contributed by atoms with Crippen molar-refractivity contribution >= 4 is 40.6 Å². The molecule has 27 heavy (non-hydrogen) atoms. The Hall–Kier alpha value is -2.87. The number of thioether (sulfide) groups is 1. The first kappa shape index (κ1) is 18.9. The van der Waals surface area contributed by atoms with Gasteiger partial charge in [-0.05, 0) is 49.2 Å². The Morgan fingerprint density at radius 3 is 2.56 bits per heavy atom. The molecule has 140 valence electrons. The molecule has 1 N–H and O–H groups in total. The van der Waals surface area contributed by atoms with E-state index in [1.54, 1.807) is 36.9 Å². The van der Waals surface area contributed by atoms with Crippen LogP contribution in [0.5, 0.6) is 0 Å². The molecule has 1 heterocycles. The fourth-order valence-corrected chi connectivity index (χ4v) is 3.82. The number of rotatable bonds is 5. The Kier molecular flexibility index (Phi) is 5.46. The van der Waals surface area contributed by atoms with E-state index >= 15 is 0 Å². The summed E-state index contributed by atoms with van der Waals surface area (Å²) < 4.78 is 0.